The molecule has 148 valence electrons. The Labute approximate surface area is 173 Å². The number of rotatable bonds is 7. The SMILES string of the molecule is CN=C(NCCC(C)C)NCC(c1cccc(F)c1)N1CCOCC1.I. The Kier molecular flexibility index (Phi) is 11.1. The Balaban J connectivity index is 0.00000338. The van der Waals surface area contributed by atoms with Gasteiger partial charge in [0, 0.05) is 33.2 Å². The van der Waals surface area contributed by atoms with Crippen LogP contribution in [0.1, 0.15) is 31.9 Å². The molecule has 7 heteroatoms. The van der Waals surface area contributed by atoms with Crippen LogP contribution in [0.3, 0.4) is 0 Å². The Morgan fingerprint density at radius 2 is 2.00 bits per heavy atom. The normalized spacial score (nSPS) is 16.9. The maximum absolute atomic E-state index is 13.7. The second-order valence-electron chi connectivity index (χ2n) is 6.78. The molecule has 0 aromatic heterocycles. The van der Waals surface area contributed by atoms with Gasteiger partial charge in [-0.1, -0.05) is 26.0 Å². The lowest BCUT2D eigenvalue weighted by molar-refractivity contribution is 0.0169. The van der Waals surface area contributed by atoms with Gasteiger partial charge in [-0.25, -0.2) is 4.39 Å². The number of hydrogen-bond donors (Lipinski definition) is 2. The van der Waals surface area contributed by atoms with Crippen LogP contribution in [0.15, 0.2) is 29.3 Å². The predicted molar refractivity (Wildman–Crippen MR) is 116 cm³/mol. The molecular formula is C19H32FIN4O. The average molecular weight is 478 g/mol. The summed E-state index contributed by atoms with van der Waals surface area (Å²) in [5.41, 5.74) is 0.979. The number of hydrogen-bond acceptors (Lipinski definition) is 3. The summed E-state index contributed by atoms with van der Waals surface area (Å²) in [6, 6.07) is 6.95. The van der Waals surface area contributed by atoms with Crippen molar-refractivity contribution in [3.63, 3.8) is 0 Å². The molecular weight excluding hydrogens is 446 g/mol. The molecule has 5 nitrogen and oxygen atoms in total. The van der Waals surface area contributed by atoms with E-state index in [0.717, 1.165) is 37.6 Å². The van der Waals surface area contributed by atoms with E-state index >= 15 is 0 Å². The van der Waals surface area contributed by atoms with Gasteiger partial charge in [0.1, 0.15) is 5.82 Å². The van der Waals surface area contributed by atoms with Crippen LogP contribution < -0.4 is 10.6 Å². The molecule has 26 heavy (non-hydrogen) atoms. The van der Waals surface area contributed by atoms with E-state index in [2.05, 4.69) is 34.4 Å². The first kappa shape index (κ1) is 23.1. The van der Waals surface area contributed by atoms with Crippen molar-refractivity contribution in [2.75, 3.05) is 46.4 Å². The number of ether oxygens (including phenoxy) is 1. The van der Waals surface area contributed by atoms with E-state index in [1.54, 1.807) is 19.2 Å². The Bertz CT molecular complexity index is 550. The minimum Gasteiger partial charge on any atom is -0.379 e. The van der Waals surface area contributed by atoms with E-state index < -0.39 is 0 Å². The Hall–Kier alpha value is -0.930. The van der Waals surface area contributed by atoms with Crippen molar-refractivity contribution in [1.29, 1.82) is 0 Å². The molecule has 0 amide bonds. The first-order valence-electron chi connectivity index (χ1n) is 9.12. The highest BCUT2D eigenvalue weighted by atomic mass is 127. The second kappa shape index (κ2) is 12.5. The first-order chi connectivity index (χ1) is 12.1. The van der Waals surface area contributed by atoms with Gasteiger partial charge < -0.3 is 15.4 Å². The van der Waals surface area contributed by atoms with Crippen LogP contribution in [0, 0.1) is 11.7 Å². The van der Waals surface area contributed by atoms with E-state index in [0.29, 0.717) is 25.7 Å². The third-order valence-electron chi connectivity index (χ3n) is 4.42. The fourth-order valence-corrected chi connectivity index (χ4v) is 2.95. The zero-order valence-corrected chi connectivity index (χ0v) is 18.3. The highest BCUT2D eigenvalue weighted by molar-refractivity contribution is 14.0. The van der Waals surface area contributed by atoms with Crippen molar-refractivity contribution in [2.24, 2.45) is 10.9 Å². The van der Waals surface area contributed by atoms with Gasteiger partial charge >= 0.3 is 0 Å². The van der Waals surface area contributed by atoms with E-state index in [1.807, 2.05) is 6.07 Å². The monoisotopic (exact) mass is 478 g/mol. The number of aliphatic imine (C=N–C) groups is 1. The lowest BCUT2D eigenvalue weighted by Gasteiger charge is -2.35. The fraction of sp³-hybridized carbons (Fsp3) is 0.632. The van der Waals surface area contributed by atoms with Crippen LogP contribution in [0.4, 0.5) is 4.39 Å². The van der Waals surface area contributed by atoms with Crippen molar-refractivity contribution in [1.82, 2.24) is 15.5 Å². The average Bonchev–Trinajstić information content (AvgIpc) is 2.61. The van der Waals surface area contributed by atoms with Gasteiger partial charge in [0.15, 0.2) is 5.96 Å². The fourth-order valence-electron chi connectivity index (χ4n) is 2.95. The van der Waals surface area contributed by atoms with E-state index in [1.165, 1.54) is 6.07 Å². The summed E-state index contributed by atoms with van der Waals surface area (Å²) in [6.07, 6.45) is 1.09. The van der Waals surface area contributed by atoms with Crippen LogP contribution in [-0.4, -0.2) is 57.3 Å². The molecule has 1 atom stereocenters. The van der Waals surface area contributed by atoms with Crippen molar-refractivity contribution in [3.05, 3.63) is 35.6 Å². The maximum Gasteiger partial charge on any atom is 0.191 e. The minimum absolute atomic E-state index is 0. The highest BCUT2D eigenvalue weighted by Crippen LogP contribution is 2.22. The molecule has 1 aliphatic heterocycles. The summed E-state index contributed by atoms with van der Waals surface area (Å²) < 4.78 is 19.2. The second-order valence-corrected chi connectivity index (χ2v) is 6.78. The molecule has 0 saturated carbocycles. The van der Waals surface area contributed by atoms with Crippen LogP contribution in [-0.2, 0) is 4.74 Å². The van der Waals surface area contributed by atoms with Gasteiger partial charge in [0.2, 0.25) is 0 Å². The standard InChI is InChI=1S/C19H31FN4O.HI/c1-15(2)7-8-22-19(21-3)23-14-18(24-9-11-25-12-10-24)16-5-4-6-17(20)13-16;/h4-6,13,15,18H,7-12,14H2,1-3H3,(H2,21,22,23);1H. The third-order valence-corrected chi connectivity index (χ3v) is 4.42. The maximum atomic E-state index is 13.7. The van der Waals surface area contributed by atoms with E-state index in [9.17, 15) is 4.39 Å². The van der Waals surface area contributed by atoms with E-state index in [4.69, 9.17) is 4.74 Å². The lowest BCUT2D eigenvalue weighted by atomic mass is 10.0. The lowest BCUT2D eigenvalue weighted by Crippen LogP contribution is -2.46. The van der Waals surface area contributed by atoms with Crippen LogP contribution in [0.5, 0.6) is 0 Å². The summed E-state index contributed by atoms with van der Waals surface area (Å²) in [5.74, 6) is 1.24. The van der Waals surface area contributed by atoms with Crippen molar-refractivity contribution in [3.8, 4) is 0 Å². The zero-order valence-electron chi connectivity index (χ0n) is 16.0. The summed E-state index contributed by atoms with van der Waals surface area (Å²) in [6.45, 7) is 9.10. The number of nitrogens with zero attached hydrogens (tertiary/aromatic N) is 2. The Morgan fingerprint density at radius 3 is 2.62 bits per heavy atom. The molecule has 1 heterocycles. The summed E-state index contributed by atoms with van der Waals surface area (Å²) in [7, 11) is 1.77. The molecule has 1 fully saturated rings. The zero-order chi connectivity index (χ0) is 18.1. The Morgan fingerprint density at radius 1 is 1.27 bits per heavy atom. The van der Waals surface area contributed by atoms with Crippen molar-refractivity contribution < 1.29 is 9.13 Å². The van der Waals surface area contributed by atoms with Crippen molar-refractivity contribution >= 4 is 29.9 Å². The van der Waals surface area contributed by atoms with Crippen LogP contribution in [0.25, 0.3) is 0 Å². The molecule has 1 aromatic rings. The summed E-state index contributed by atoms with van der Waals surface area (Å²) in [5, 5.41) is 6.74. The molecule has 2 rings (SSSR count). The first-order valence-corrected chi connectivity index (χ1v) is 9.12. The van der Waals surface area contributed by atoms with Gasteiger partial charge in [-0.3, -0.25) is 9.89 Å². The molecule has 0 radical (unpaired) electrons. The van der Waals surface area contributed by atoms with Gasteiger partial charge in [0.05, 0.1) is 19.3 Å². The van der Waals surface area contributed by atoms with Gasteiger partial charge in [0.25, 0.3) is 0 Å². The molecule has 0 bridgehead atoms. The highest BCUT2D eigenvalue weighted by Gasteiger charge is 2.23. The van der Waals surface area contributed by atoms with Crippen molar-refractivity contribution in [2.45, 2.75) is 26.3 Å². The quantitative estimate of drug-likeness (QED) is 0.360. The molecule has 1 aliphatic rings. The summed E-state index contributed by atoms with van der Waals surface area (Å²) in [4.78, 5) is 6.63. The minimum atomic E-state index is -0.199. The molecule has 2 N–H and O–H groups in total. The number of morpholine rings is 1. The van der Waals surface area contributed by atoms with Gasteiger partial charge in [-0.05, 0) is 30.0 Å². The van der Waals surface area contributed by atoms with Crippen LogP contribution >= 0.6 is 24.0 Å². The molecule has 0 spiro atoms. The van der Waals surface area contributed by atoms with Gasteiger partial charge in [-0.2, -0.15) is 0 Å². The van der Waals surface area contributed by atoms with Gasteiger partial charge in [-0.15, -0.1) is 24.0 Å². The smallest absolute Gasteiger partial charge is 0.191 e. The third kappa shape index (κ3) is 7.75. The topological polar surface area (TPSA) is 48.9 Å². The molecule has 0 aliphatic carbocycles. The number of benzene rings is 1. The molecule has 1 aromatic carbocycles. The number of halogens is 2. The predicted octanol–water partition coefficient (Wildman–Crippen LogP) is 3.03. The van der Waals surface area contributed by atoms with Crippen LogP contribution in [0.2, 0.25) is 0 Å². The largest absolute Gasteiger partial charge is 0.379 e. The van der Waals surface area contributed by atoms with E-state index in [-0.39, 0.29) is 35.8 Å². The molecule has 1 saturated heterocycles. The molecule has 1 unspecified atom stereocenters. The summed E-state index contributed by atoms with van der Waals surface area (Å²) >= 11 is 0. The number of guanidine groups is 1. The number of nitrogens with one attached hydrogen (secondary N) is 2.